The maximum atomic E-state index is 12.9. The van der Waals surface area contributed by atoms with Crippen molar-refractivity contribution < 1.29 is 4.79 Å². The molecule has 0 spiro atoms. The number of carbonyl (C=O) groups excluding carboxylic acids is 1. The topological polar surface area (TPSA) is 75.4 Å². The predicted molar refractivity (Wildman–Crippen MR) is 105 cm³/mol. The molecule has 2 aliphatic rings. The number of hydrogen-bond donors (Lipinski definition) is 1. The molecule has 1 atom stereocenters. The Balaban J connectivity index is 1.74. The highest BCUT2D eigenvalue weighted by Gasteiger charge is 2.32. The highest BCUT2D eigenvalue weighted by molar-refractivity contribution is 5.79. The Morgan fingerprint density at radius 3 is 2.67 bits per heavy atom. The molecule has 3 heterocycles. The molecule has 1 aromatic rings. The Kier molecular flexibility index (Phi) is 6.70. The van der Waals surface area contributed by atoms with Crippen LogP contribution in [0.1, 0.15) is 44.3 Å². The first-order valence-corrected chi connectivity index (χ1v) is 10.3. The Hall–Kier alpha value is -1.67. The van der Waals surface area contributed by atoms with Gasteiger partial charge in [-0.25, -0.2) is 9.48 Å². The molecule has 0 radical (unpaired) electrons. The van der Waals surface area contributed by atoms with Gasteiger partial charge in [0.25, 0.3) is 0 Å². The molecule has 2 saturated heterocycles. The Morgan fingerprint density at radius 2 is 2.00 bits per heavy atom. The van der Waals surface area contributed by atoms with Crippen molar-refractivity contribution in [2.75, 3.05) is 46.8 Å². The number of amides is 1. The summed E-state index contributed by atoms with van der Waals surface area (Å²) in [5, 5.41) is 8.00. The van der Waals surface area contributed by atoms with E-state index in [0.717, 1.165) is 57.7 Å². The van der Waals surface area contributed by atoms with Crippen LogP contribution in [0.15, 0.2) is 4.79 Å². The van der Waals surface area contributed by atoms with Crippen molar-refractivity contribution >= 4 is 5.91 Å². The summed E-state index contributed by atoms with van der Waals surface area (Å²) in [5.41, 5.74) is -0.0313. The number of likely N-dealkylation sites (N-methyl/N-ethyl adjacent to an activating group) is 1. The molecular weight excluding hydrogens is 344 g/mol. The van der Waals surface area contributed by atoms with Crippen molar-refractivity contribution in [2.45, 2.75) is 51.6 Å². The monoisotopic (exact) mass is 378 g/mol. The van der Waals surface area contributed by atoms with Crippen LogP contribution in [-0.4, -0.2) is 76.9 Å². The average molecular weight is 379 g/mol. The number of carbonyl (C=O) groups is 1. The van der Waals surface area contributed by atoms with Crippen LogP contribution in [0.4, 0.5) is 0 Å². The first kappa shape index (κ1) is 20.1. The predicted octanol–water partition coefficient (Wildman–Crippen LogP) is 0.332. The molecule has 0 aromatic carbocycles. The first-order chi connectivity index (χ1) is 13.0. The van der Waals surface area contributed by atoms with Crippen LogP contribution in [0.3, 0.4) is 0 Å². The summed E-state index contributed by atoms with van der Waals surface area (Å²) >= 11 is 0. The molecule has 0 aliphatic carbocycles. The van der Waals surface area contributed by atoms with Crippen molar-refractivity contribution in [1.29, 1.82) is 0 Å². The van der Waals surface area contributed by atoms with Gasteiger partial charge in [-0.05, 0) is 59.8 Å². The molecule has 2 aliphatic heterocycles. The SMILES string of the molecule is CCn1c(C2CCCN(C(=O)C3CCNCC3)C2)nn(CCN(C)C)c1=O. The van der Waals surface area contributed by atoms with Gasteiger partial charge in [0.2, 0.25) is 5.91 Å². The first-order valence-electron chi connectivity index (χ1n) is 10.3. The van der Waals surface area contributed by atoms with Crippen LogP contribution in [0.25, 0.3) is 0 Å². The lowest BCUT2D eigenvalue weighted by molar-refractivity contribution is -0.137. The fourth-order valence-corrected chi connectivity index (χ4v) is 4.21. The van der Waals surface area contributed by atoms with E-state index in [0.29, 0.717) is 25.5 Å². The summed E-state index contributed by atoms with van der Waals surface area (Å²) in [5.74, 6) is 1.44. The summed E-state index contributed by atoms with van der Waals surface area (Å²) in [6, 6.07) is 0. The largest absolute Gasteiger partial charge is 0.345 e. The van der Waals surface area contributed by atoms with Crippen molar-refractivity contribution in [1.82, 2.24) is 29.5 Å². The smallest absolute Gasteiger partial charge is 0.342 e. The zero-order valence-electron chi connectivity index (χ0n) is 17.0. The summed E-state index contributed by atoms with van der Waals surface area (Å²) in [4.78, 5) is 29.7. The highest BCUT2D eigenvalue weighted by Crippen LogP contribution is 2.27. The molecule has 1 N–H and O–H groups in total. The average Bonchev–Trinajstić information content (AvgIpc) is 3.02. The summed E-state index contributed by atoms with van der Waals surface area (Å²) in [6.45, 7) is 7.36. The quantitative estimate of drug-likeness (QED) is 0.772. The van der Waals surface area contributed by atoms with E-state index in [9.17, 15) is 9.59 Å². The maximum Gasteiger partial charge on any atom is 0.345 e. The van der Waals surface area contributed by atoms with Crippen molar-refractivity contribution in [2.24, 2.45) is 5.92 Å². The molecule has 1 amide bonds. The second kappa shape index (κ2) is 9.01. The third-order valence-corrected chi connectivity index (χ3v) is 5.81. The molecule has 1 aromatic heterocycles. The maximum absolute atomic E-state index is 12.9. The van der Waals surface area contributed by atoms with Gasteiger partial charge in [0.1, 0.15) is 5.82 Å². The minimum Gasteiger partial charge on any atom is -0.342 e. The summed E-state index contributed by atoms with van der Waals surface area (Å²) in [6.07, 6.45) is 3.82. The lowest BCUT2D eigenvalue weighted by Crippen LogP contribution is -2.45. The van der Waals surface area contributed by atoms with Crippen LogP contribution >= 0.6 is 0 Å². The summed E-state index contributed by atoms with van der Waals surface area (Å²) < 4.78 is 3.38. The van der Waals surface area contributed by atoms with Gasteiger partial charge in [0.05, 0.1) is 6.54 Å². The molecule has 0 saturated carbocycles. The number of likely N-dealkylation sites (tertiary alicyclic amines) is 1. The standard InChI is InChI=1S/C19H34N6O2/c1-4-24-17(21-25(19(24)27)13-12-22(2)3)16-6-5-11-23(14-16)18(26)15-7-9-20-10-8-15/h15-16,20H,4-14H2,1-3H3. The molecule has 8 heteroatoms. The van der Waals surface area contributed by atoms with E-state index in [2.05, 4.69) is 15.3 Å². The van der Waals surface area contributed by atoms with E-state index in [1.165, 1.54) is 0 Å². The van der Waals surface area contributed by atoms with E-state index < -0.39 is 0 Å². The molecule has 3 rings (SSSR count). The van der Waals surface area contributed by atoms with Gasteiger partial charge in [-0.3, -0.25) is 9.36 Å². The molecule has 27 heavy (non-hydrogen) atoms. The second-order valence-corrected chi connectivity index (χ2v) is 8.06. The lowest BCUT2D eigenvalue weighted by atomic mass is 9.92. The van der Waals surface area contributed by atoms with Crippen LogP contribution in [0.2, 0.25) is 0 Å². The zero-order chi connectivity index (χ0) is 19.4. The van der Waals surface area contributed by atoms with E-state index in [4.69, 9.17) is 0 Å². The van der Waals surface area contributed by atoms with E-state index in [1.807, 2.05) is 25.9 Å². The van der Waals surface area contributed by atoms with Crippen molar-refractivity contribution in [3.05, 3.63) is 16.3 Å². The molecule has 1 unspecified atom stereocenters. The van der Waals surface area contributed by atoms with Crippen LogP contribution in [-0.2, 0) is 17.9 Å². The second-order valence-electron chi connectivity index (χ2n) is 8.06. The van der Waals surface area contributed by atoms with Gasteiger partial charge in [0.15, 0.2) is 0 Å². The number of nitrogens with zero attached hydrogens (tertiary/aromatic N) is 5. The fourth-order valence-electron chi connectivity index (χ4n) is 4.21. The minimum absolute atomic E-state index is 0.0313. The Labute approximate surface area is 161 Å². The van der Waals surface area contributed by atoms with Crippen LogP contribution < -0.4 is 11.0 Å². The van der Waals surface area contributed by atoms with E-state index in [-0.39, 0.29) is 17.5 Å². The number of nitrogens with one attached hydrogen (secondary N) is 1. The van der Waals surface area contributed by atoms with Gasteiger partial charge in [-0.2, -0.15) is 5.10 Å². The van der Waals surface area contributed by atoms with Crippen LogP contribution in [0.5, 0.6) is 0 Å². The minimum atomic E-state index is -0.0313. The van der Waals surface area contributed by atoms with E-state index in [1.54, 1.807) is 9.25 Å². The van der Waals surface area contributed by atoms with Crippen molar-refractivity contribution in [3.8, 4) is 0 Å². The van der Waals surface area contributed by atoms with Gasteiger partial charge < -0.3 is 15.1 Å². The number of hydrogen-bond acceptors (Lipinski definition) is 5. The molecule has 2 fully saturated rings. The number of piperidine rings is 2. The molecular formula is C19H34N6O2. The third-order valence-electron chi connectivity index (χ3n) is 5.81. The molecule has 8 nitrogen and oxygen atoms in total. The summed E-state index contributed by atoms with van der Waals surface area (Å²) in [7, 11) is 3.99. The van der Waals surface area contributed by atoms with Gasteiger partial charge in [-0.1, -0.05) is 0 Å². The fraction of sp³-hybridized carbons (Fsp3) is 0.842. The molecule has 0 bridgehead atoms. The van der Waals surface area contributed by atoms with Gasteiger partial charge in [0, 0.05) is 38.0 Å². The lowest BCUT2D eigenvalue weighted by Gasteiger charge is -2.35. The normalized spacial score (nSPS) is 21.8. The van der Waals surface area contributed by atoms with Gasteiger partial charge in [-0.15, -0.1) is 0 Å². The number of rotatable bonds is 6. The number of aromatic nitrogens is 3. The Morgan fingerprint density at radius 1 is 1.26 bits per heavy atom. The highest BCUT2D eigenvalue weighted by atomic mass is 16.2. The Bertz CT molecular complexity index is 689. The van der Waals surface area contributed by atoms with E-state index >= 15 is 0 Å². The third kappa shape index (κ3) is 4.60. The van der Waals surface area contributed by atoms with Crippen LogP contribution in [0, 0.1) is 5.92 Å². The van der Waals surface area contributed by atoms with Crippen molar-refractivity contribution in [3.63, 3.8) is 0 Å². The zero-order valence-corrected chi connectivity index (χ0v) is 17.0. The molecule has 152 valence electrons. The van der Waals surface area contributed by atoms with Gasteiger partial charge >= 0.3 is 5.69 Å².